The highest BCUT2D eigenvalue weighted by Crippen LogP contribution is 2.15. The van der Waals surface area contributed by atoms with Crippen LogP contribution in [0.15, 0.2) is 41.3 Å². The summed E-state index contributed by atoms with van der Waals surface area (Å²) in [7, 11) is 0. The average molecular weight is 385 g/mol. The Kier molecular flexibility index (Phi) is 5.36. The van der Waals surface area contributed by atoms with Crippen molar-refractivity contribution in [3.05, 3.63) is 63.0 Å². The predicted molar refractivity (Wildman–Crippen MR) is 103 cm³/mol. The lowest BCUT2D eigenvalue weighted by Gasteiger charge is -2.08. The number of fused-ring (bicyclic) bond motifs is 1. The summed E-state index contributed by atoms with van der Waals surface area (Å²) in [5, 5.41) is 2.75. The molecule has 0 aliphatic rings. The number of rotatable bonds is 5. The van der Waals surface area contributed by atoms with Gasteiger partial charge in [-0.05, 0) is 31.2 Å². The zero-order valence-corrected chi connectivity index (χ0v) is 16.0. The number of hydrogen-bond acceptors (Lipinski definition) is 6. The molecule has 0 radical (unpaired) electrons. The Labute approximate surface area is 159 Å². The number of aromatic nitrogens is 2. The minimum atomic E-state index is -0.527. The molecule has 1 aromatic carbocycles. The van der Waals surface area contributed by atoms with Crippen LogP contribution in [0.3, 0.4) is 0 Å². The molecule has 0 saturated carbocycles. The number of nitrogens with zero attached hydrogens (tertiary/aromatic N) is 2. The van der Waals surface area contributed by atoms with Gasteiger partial charge in [0, 0.05) is 28.7 Å². The summed E-state index contributed by atoms with van der Waals surface area (Å²) in [4.78, 5) is 41.8. The monoisotopic (exact) mass is 385 g/mol. The quantitative estimate of drug-likeness (QED) is 0.682. The first-order valence-electron chi connectivity index (χ1n) is 8.40. The summed E-state index contributed by atoms with van der Waals surface area (Å²) in [5.74, 6) is -0.751. The molecule has 0 saturated heterocycles. The second-order valence-electron chi connectivity index (χ2n) is 6.38. The van der Waals surface area contributed by atoms with Gasteiger partial charge in [-0.15, -0.1) is 11.3 Å². The Morgan fingerprint density at radius 1 is 1.26 bits per heavy atom. The van der Waals surface area contributed by atoms with Crippen molar-refractivity contribution in [2.45, 2.75) is 27.4 Å². The first-order valence-corrected chi connectivity index (χ1v) is 9.22. The molecule has 0 aliphatic heterocycles. The highest BCUT2D eigenvalue weighted by atomic mass is 32.1. The van der Waals surface area contributed by atoms with Gasteiger partial charge < -0.3 is 10.1 Å². The molecule has 0 bridgehead atoms. The molecule has 3 rings (SSSR count). The van der Waals surface area contributed by atoms with Crippen LogP contribution >= 0.6 is 11.3 Å². The molecule has 27 heavy (non-hydrogen) atoms. The van der Waals surface area contributed by atoms with E-state index in [1.54, 1.807) is 44.3 Å². The van der Waals surface area contributed by atoms with Crippen molar-refractivity contribution in [3.8, 4) is 0 Å². The van der Waals surface area contributed by atoms with Gasteiger partial charge in [0.15, 0.2) is 4.96 Å². The third kappa shape index (κ3) is 4.40. The van der Waals surface area contributed by atoms with Crippen molar-refractivity contribution in [1.82, 2.24) is 9.38 Å². The summed E-state index contributed by atoms with van der Waals surface area (Å²) in [5.41, 5.74) is 1.15. The number of aryl methyl sites for hydroxylation is 1. The molecule has 0 atom stereocenters. The normalized spacial score (nSPS) is 11.0. The average Bonchev–Trinajstić information content (AvgIpc) is 3.01. The molecule has 8 heteroatoms. The van der Waals surface area contributed by atoms with Crippen LogP contribution in [0, 0.1) is 12.8 Å². The molecule has 140 valence electrons. The Hall–Kier alpha value is -3.00. The van der Waals surface area contributed by atoms with Crippen LogP contribution in [0.25, 0.3) is 4.96 Å². The number of hydrogen-bond donors (Lipinski definition) is 1. The maximum atomic E-state index is 12.2. The summed E-state index contributed by atoms with van der Waals surface area (Å²) >= 11 is 1.40. The van der Waals surface area contributed by atoms with E-state index in [1.165, 1.54) is 21.8 Å². The fourth-order valence-corrected chi connectivity index (χ4v) is 3.18. The zero-order valence-electron chi connectivity index (χ0n) is 15.2. The van der Waals surface area contributed by atoms with Crippen LogP contribution in [0.5, 0.6) is 0 Å². The van der Waals surface area contributed by atoms with Crippen LogP contribution in [-0.4, -0.2) is 21.3 Å². The molecule has 1 amide bonds. The van der Waals surface area contributed by atoms with Crippen molar-refractivity contribution in [3.63, 3.8) is 0 Å². The minimum Gasteiger partial charge on any atom is -0.456 e. The Bertz CT molecular complexity index is 1050. The van der Waals surface area contributed by atoms with Crippen LogP contribution < -0.4 is 10.9 Å². The molecule has 0 spiro atoms. The molecular weight excluding hydrogens is 366 g/mol. The lowest BCUT2D eigenvalue weighted by atomic mass is 10.2. The smallest absolute Gasteiger partial charge is 0.338 e. The van der Waals surface area contributed by atoms with E-state index in [1.807, 2.05) is 6.92 Å². The van der Waals surface area contributed by atoms with Gasteiger partial charge in [-0.1, -0.05) is 13.8 Å². The van der Waals surface area contributed by atoms with Crippen LogP contribution in [0.4, 0.5) is 5.69 Å². The van der Waals surface area contributed by atoms with Gasteiger partial charge in [-0.25, -0.2) is 9.78 Å². The van der Waals surface area contributed by atoms with Crippen molar-refractivity contribution in [1.29, 1.82) is 0 Å². The second-order valence-corrected chi connectivity index (χ2v) is 7.59. The van der Waals surface area contributed by atoms with Crippen LogP contribution in [-0.2, 0) is 16.1 Å². The third-order valence-corrected chi connectivity index (χ3v) is 4.70. The molecule has 0 fully saturated rings. The Morgan fingerprint density at radius 2 is 1.96 bits per heavy atom. The summed E-state index contributed by atoms with van der Waals surface area (Å²) in [6, 6.07) is 7.79. The van der Waals surface area contributed by atoms with E-state index in [9.17, 15) is 14.4 Å². The molecule has 7 nitrogen and oxygen atoms in total. The molecule has 3 aromatic rings. The van der Waals surface area contributed by atoms with Gasteiger partial charge in [0.2, 0.25) is 5.91 Å². The van der Waals surface area contributed by atoms with E-state index in [0.717, 1.165) is 4.88 Å². The van der Waals surface area contributed by atoms with Gasteiger partial charge in [0.05, 0.1) is 11.3 Å². The molecule has 1 N–H and O–H groups in total. The number of benzene rings is 1. The van der Waals surface area contributed by atoms with E-state index in [2.05, 4.69) is 10.3 Å². The van der Waals surface area contributed by atoms with Gasteiger partial charge in [-0.3, -0.25) is 14.0 Å². The highest BCUT2D eigenvalue weighted by Gasteiger charge is 2.11. The molecular formula is C19H19N3O4S. The molecule has 2 heterocycles. The Balaban J connectivity index is 1.65. The van der Waals surface area contributed by atoms with E-state index < -0.39 is 5.97 Å². The first kappa shape index (κ1) is 18.8. The number of nitrogens with one attached hydrogen (secondary N) is 1. The first-order chi connectivity index (χ1) is 12.8. The summed E-state index contributed by atoms with van der Waals surface area (Å²) in [6.07, 6.45) is 1.73. The molecule has 0 unspecified atom stereocenters. The fraction of sp³-hybridized carbons (Fsp3) is 0.263. The number of esters is 1. The summed E-state index contributed by atoms with van der Waals surface area (Å²) in [6.45, 7) is 5.41. The number of anilines is 1. The second kappa shape index (κ2) is 7.71. The van der Waals surface area contributed by atoms with Gasteiger partial charge in [0.1, 0.15) is 6.61 Å². The largest absolute Gasteiger partial charge is 0.456 e. The SMILES string of the molecule is Cc1cn2c(=O)cc(COC(=O)c3ccc(NC(=O)C(C)C)cc3)nc2s1. The lowest BCUT2D eigenvalue weighted by Crippen LogP contribution is -2.17. The maximum absolute atomic E-state index is 12.2. The van der Waals surface area contributed by atoms with E-state index in [4.69, 9.17) is 4.74 Å². The zero-order chi connectivity index (χ0) is 19.6. The van der Waals surface area contributed by atoms with Crippen molar-refractivity contribution >= 4 is 33.9 Å². The maximum Gasteiger partial charge on any atom is 0.338 e. The number of amides is 1. The van der Waals surface area contributed by atoms with E-state index >= 15 is 0 Å². The molecule has 2 aromatic heterocycles. The van der Waals surface area contributed by atoms with Crippen molar-refractivity contribution < 1.29 is 14.3 Å². The third-order valence-electron chi connectivity index (χ3n) is 3.80. The summed E-state index contributed by atoms with van der Waals surface area (Å²) < 4.78 is 6.72. The van der Waals surface area contributed by atoms with Crippen molar-refractivity contribution in [2.75, 3.05) is 5.32 Å². The highest BCUT2D eigenvalue weighted by molar-refractivity contribution is 7.16. The topological polar surface area (TPSA) is 89.8 Å². The van der Waals surface area contributed by atoms with Gasteiger partial charge in [-0.2, -0.15) is 0 Å². The minimum absolute atomic E-state index is 0.0899. The van der Waals surface area contributed by atoms with Gasteiger partial charge >= 0.3 is 5.97 Å². The Morgan fingerprint density at radius 3 is 2.63 bits per heavy atom. The van der Waals surface area contributed by atoms with E-state index in [-0.39, 0.29) is 24.0 Å². The van der Waals surface area contributed by atoms with Crippen molar-refractivity contribution in [2.24, 2.45) is 5.92 Å². The molecule has 0 aliphatic carbocycles. The van der Waals surface area contributed by atoms with Crippen LogP contribution in [0.1, 0.15) is 34.8 Å². The van der Waals surface area contributed by atoms with Crippen LogP contribution in [0.2, 0.25) is 0 Å². The predicted octanol–water partition coefficient (Wildman–Crippen LogP) is 3.02. The number of carbonyl (C=O) groups excluding carboxylic acids is 2. The number of thiazole rings is 1. The lowest BCUT2D eigenvalue weighted by molar-refractivity contribution is -0.118. The van der Waals surface area contributed by atoms with E-state index in [0.29, 0.717) is 21.9 Å². The number of carbonyl (C=O) groups is 2. The van der Waals surface area contributed by atoms with Gasteiger partial charge in [0.25, 0.3) is 5.56 Å². The number of ether oxygens (including phenoxy) is 1. The fourth-order valence-electron chi connectivity index (χ4n) is 2.33. The standard InChI is InChI=1S/C19H19N3O4S/c1-11(2)17(24)20-14-6-4-13(5-7-14)18(25)26-10-15-8-16(23)22-9-12(3)27-19(22)21-15/h4-9,11H,10H2,1-3H3,(H,20,24).